The van der Waals surface area contributed by atoms with E-state index in [4.69, 9.17) is 4.74 Å². The summed E-state index contributed by atoms with van der Waals surface area (Å²) in [5, 5.41) is 5.70. The van der Waals surface area contributed by atoms with Crippen LogP contribution in [-0.2, 0) is 17.9 Å². The number of ether oxygens (including phenoxy) is 1. The summed E-state index contributed by atoms with van der Waals surface area (Å²) in [6, 6.07) is 15.0. The first-order chi connectivity index (χ1) is 14.5. The molecule has 1 heterocycles. The quantitative estimate of drug-likeness (QED) is 0.666. The van der Waals surface area contributed by atoms with E-state index >= 15 is 0 Å². The van der Waals surface area contributed by atoms with Gasteiger partial charge in [-0.3, -0.25) is 4.79 Å². The van der Waals surface area contributed by atoms with E-state index in [9.17, 15) is 9.59 Å². The molecule has 0 radical (unpaired) electrons. The van der Waals surface area contributed by atoms with E-state index in [1.807, 2.05) is 67.5 Å². The second-order valence-corrected chi connectivity index (χ2v) is 7.72. The molecule has 0 unspecified atom stereocenters. The molecule has 1 aliphatic heterocycles. The van der Waals surface area contributed by atoms with Crippen LogP contribution in [0.15, 0.2) is 48.5 Å². The zero-order valence-corrected chi connectivity index (χ0v) is 17.7. The molecule has 3 amide bonds. The molecule has 1 aliphatic rings. The molecule has 0 bridgehead atoms. The van der Waals surface area contributed by atoms with Gasteiger partial charge in [0.25, 0.3) is 0 Å². The number of nitrogens with zero attached hydrogens (tertiary/aromatic N) is 2. The Morgan fingerprint density at radius 2 is 1.93 bits per heavy atom. The minimum absolute atomic E-state index is 0.212. The van der Waals surface area contributed by atoms with E-state index in [0.29, 0.717) is 31.8 Å². The van der Waals surface area contributed by atoms with E-state index in [-0.39, 0.29) is 11.9 Å². The van der Waals surface area contributed by atoms with Crippen molar-refractivity contribution in [3.63, 3.8) is 0 Å². The number of hydrogen-bond acceptors (Lipinski definition) is 4. The van der Waals surface area contributed by atoms with Crippen molar-refractivity contribution in [2.45, 2.75) is 25.9 Å². The molecule has 2 aromatic carbocycles. The van der Waals surface area contributed by atoms with Gasteiger partial charge in [-0.05, 0) is 55.9 Å². The number of likely N-dealkylation sites (N-methyl/N-ethyl adjacent to an activating group) is 1. The van der Waals surface area contributed by atoms with Gasteiger partial charge in [-0.1, -0.05) is 24.3 Å². The molecular formula is C23H30N4O3. The van der Waals surface area contributed by atoms with Crippen molar-refractivity contribution in [3.05, 3.63) is 59.7 Å². The van der Waals surface area contributed by atoms with Crippen LogP contribution in [-0.4, -0.2) is 55.5 Å². The minimum atomic E-state index is -0.267. The predicted octanol–water partition coefficient (Wildman–Crippen LogP) is 3.07. The smallest absolute Gasteiger partial charge is 0.319 e. The molecule has 0 atom stereocenters. The van der Waals surface area contributed by atoms with E-state index < -0.39 is 0 Å². The first-order valence-electron chi connectivity index (χ1n) is 10.3. The maximum Gasteiger partial charge on any atom is 0.319 e. The van der Waals surface area contributed by atoms with Crippen LogP contribution in [0, 0.1) is 0 Å². The third kappa shape index (κ3) is 6.77. The average molecular weight is 411 g/mol. The lowest BCUT2D eigenvalue weighted by Crippen LogP contribution is -2.28. The fourth-order valence-electron chi connectivity index (χ4n) is 3.23. The second kappa shape index (κ2) is 10.6. The van der Waals surface area contributed by atoms with Gasteiger partial charge in [-0.25, -0.2) is 4.79 Å². The summed E-state index contributed by atoms with van der Waals surface area (Å²) >= 11 is 0. The first-order valence-corrected chi connectivity index (χ1v) is 10.3. The number of nitrogens with one attached hydrogen (secondary N) is 2. The predicted molar refractivity (Wildman–Crippen MR) is 117 cm³/mol. The van der Waals surface area contributed by atoms with E-state index in [2.05, 4.69) is 15.5 Å². The van der Waals surface area contributed by atoms with Crippen molar-refractivity contribution in [2.24, 2.45) is 0 Å². The van der Waals surface area contributed by atoms with Crippen molar-refractivity contribution in [2.75, 3.05) is 39.1 Å². The molecule has 0 spiro atoms. The van der Waals surface area contributed by atoms with Crippen LogP contribution in [0.25, 0.3) is 0 Å². The monoisotopic (exact) mass is 410 g/mol. The summed E-state index contributed by atoms with van der Waals surface area (Å²) in [4.78, 5) is 27.9. The fraction of sp³-hybridized carbons (Fsp3) is 0.391. The SMILES string of the molecule is CN(C)CCOc1cccc(CNC(=O)Nc2ccc(CN3CCCC3=O)cc2)c1. The molecule has 7 nitrogen and oxygen atoms in total. The molecule has 0 saturated carbocycles. The molecule has 30 heavy (non-hydrogen) atoms. The highest BCUT2D eigenvalue weighted by Gasteiger charge is 2.19. The van der Waals surface area contributed by atoms with Crippen molar-refractivity contribution in [1.29, 1.82) is 0 Å². The van der Waals surface area contributed by atoms with Gasteiger partial charge in [0.2, 0.25) is 5.91 Å². The van der Waals surface area contributed by atoms with Gasteiger partial charge < -0.3 is 25.2 Å². The third-order valence-electron chi connectivity index (χ3n) is 4.92. The number of hydrogen-bond donors (Lipinski definition) is 2. The summed E-state index contributed by atoms with van der Waals surface area (Å²) < 4.78 is 5.73. The Morgan fingerprint density at radius 3 is 2.63 bits per heavy atom. The number of amides is 3. The number of anilines is 1. The highest BCUT2D eigenvalue weighted by Crippen LogP contribution is 2.16. The van der Waals surface area contributed by atoms with Gasteiger partial charge in [0.15, 0.2) is 0 Å². The molecule has 0 aliphatic carbocycles. The van der Waals surface area contributed by atoms with Crippen LogP contribution in [0.3, 0.4) is 0 Å². The zero-order chi connectivity index (χ0) is 21.3. The van der Waals surface area contributed by atoms with Gasteiger partial charge >= 0.3 is 6.03 Å². The zero-order valence-electron chi connectivity index (χ0n) is 17.7. The molecule has 1 fully saturated rings. The Morgan fingerprint density at radius 1 is 1.13 bits per heavy atom. The maximum absolute atomic E-state index is 12.2. The fourth-order valence-corrected chi connectivity index (χ4v) is 3.23. The summed E-state index contributed by atoms with van der Waals surface area (Å²) in [6.45, 7) is 3.32. The van der Waals surface area contributed by atoms with Crippen molar-refractivity contribution in [1.82, 2.24) is 15.1 Å². The Balaban J connectivity index is 1.43. The van der Waals surface area contributed by atoms with Crippen molar-refractivity contribution >= 4 is 17.6 Å². The summed E-state index contributed by atoms with van der Waals surface area (Å²) in [5.41, 5.74) is 2.74. The van der Waals surface area contributed by atoms with Crippen LogP contribution >= 0.6 is 0 Å². The standard InChI is InChI=1S/C23H30N4O3/c1-26(2)13-14-30-21-6-3-5-19(15-21)16-24-23(29)25-20-10-8-18(9-11-20)17-27-12-4-7-22(27)28/h3,5-6,8-11,15H,4,7,12-14,16-17H2,1-2H3,(H2,24,25,29). The van der Waals surface area contributed by atoms with Gasteiger partial charge in [0, 0.05) is 38.3 Å². The maximum atomic E-state index is 12.2. The summed E-state index contributed by atoms with van der Waals surface area (Å²) in [7, 11) is 4.01. The number of likely N-dealkylation sites (tertiary alicyclic amines) is 1. The Hall–Kier alpha value is -3.06. The molecule has 2 N–H and O–H groups in total. The number of carbonyl (C=O) groups excluding carboxylic acids is 2. The first kappa shape index (κ1) is 21.6. The van der Waals surface area contributed by atoms with E-state index in [0.717, 1.165) is 36.4 Å². The molecule has 0 aromatic heterocycles. The number of rotatable bonds is 9. The topological polar surface area (TPSA) is 73.9 Å². The van der Waals surface area contributed by atoms with Crippen LogP contribution < -0.4 is 15.4 Å². The summed E-state index contributed by atoms with van der Waals surface area (Å²) in [6.07, 6.45) is 1.58. The number of benzene rings is 2. The van der Waals surface area contributed by atoms with Crippen molar-refractivity contribution < 1.29 is 14.3 Å². The lowest BCUT2D eigenvalue weighted by Gasteiger charge is -2.15. The normalized spacial score (nSPS) is 13.6. The van der Waals surface area contributed by atoms with Crippen LogP contribution in [0.2, 0.25) is 0 Å². The largest absolute Gasteiger partial charge is 0.492 e. The molecular weight excluding hydrogens is 380 g/mol. The van der Waals surface area contributed by atoms with Gasteiger partial charge in [-0.2, -0.15) is 0 Å². The Kier molecular flexibility index (Phi) is 7.68. The third-order valence-corrected chi connectivity index (χ3v) is 4.92. The highest BCUT2D eigenvalue weighted by atomic mass is 16.5. The van der Waals surface area contributed by atoms with Crippen molar-refractivity contribution in [3.8, 4) is 5.75 Å². The van der Waals surface area contributed by atoms with Gasteiger partial charge in [0.1, 0.15) is 12.4 Å². The van der Waals surface area contributed by atoms with Crippen LogP contribution in [0.4, 0.5) is 10.5 Å². The lowest BCUT2D eigenvalue weighted by molar-refractivity contribution is -0.128. The Bertz CT molecular complexity index is 852. The van der Waals surface area contributed by atoms with Gasteiger partial charge in [0.05, 0.1) is 0 Å². The van der Waals surface area contributed by atoms with Gasteiger partial charge in [-0.15, -0.1) is 0 Å². The molecule has 2 aromatic rings. The lowest BCUT2D eigenvalue weighted by atomic mass is 10.2. The molecule has 3 rings (SSSR count). The second-order valence-electron chi connectivity index (χ2n) is 7.72. The Labute approximate surface area is 178 Å². The highest BCUT2D eigenvalue weighted by molar-refractivity contribution is 5.89. The average Bonchev–Trinajstić information content (AvgIpc) is 3.12. The molecule has 1 saturated heterocycles. The van der Waals surface area contributed by atoms with Crippen LogP contribution in [0.1, 0.15) is 24.0 Å². The molecule has 160 valence electrons. The molecule has 7 heteroatoms. The summed E-state index contributed by atoms with van der Waals surface area (Å²) in [5.74, 6) is 1.01. The minimum Gasteiger partial charge on any atom is -0.492 e. The van der Waals surface area contributed by atoms with E-state index in [1.54, 1.807) is 0 Å². The number of carbonyl (C=O) groups is 2. The van der Waals surface area contributed by atoms with E-state index in [1.165, 1.54) is 0 Å². The number of urea groups is 1. The van der Waals surface area contributed by atoms with Crippen LogP contribution in [0.5, 0.6) is 5.75 Å².